The second kappa shape index (κ2) is 6.82. The van der Waals surface area contributed by atoms with Crippen LogP contribution in [-0.2, 0) is 16.4 Å². The highest BCUT2D eigenvalue weighted by Gasteiger charge is 2.17. The molecule has 2 aromatic rings. The van der Waals surface area contributed by atoms with Crippen molar-refractivity contribution >= 4 is 37.3 Å². The second-order valence-electron chi connectivity index (χ2n) is 4.25. The van der Waals surface area contributed by atoms with Gasteiger partial charge in [-0.05, 0) is 40.0 Å². The standard InChI is InChI=1S/C13H14BrNO3S2/c14-12-6-7-13(19-12)20(17,18)15-9-11(16)8-10-4-2-1-3-5-10/h1-7,11,15-16H,8-9H2/t11-/m0/s1. The summed E-state index contributed by atoms with van der Waals surface area (Å²) in [5.74, 6) is 0. The van der Waals surface area contributed by atoms with Crippen LogP contribution in [0.15, 0.2) is 50.5 Å². The second-order valence-corrected chi connectivity index (χ2v) is 8.71. The third kappa shape index (κ3) is 4.39. The zero-order valence-electron chi connectivity index (χ0n) is 10.5. The predicted octanol–water partition coefficient (Wildman–Crippen LogP) is 2.39. The molecule has 2 rings (SSSR count). The molecule has 108 valence electrons. The molecule has 0 amide bonds. The van der Waals surface area contributed by atoms with Crippen molar-refractivity contribution in [2.24, 2.45) is 0 Å². The zero-order chi connectivity index (χ0) is 14.6. The Bertz CT molecular complexity index is 655. The van der Waals surface area contributed by atoms with Gasteiger partial charge in [0.25, 0.3) is 0 Å². The molecule has 0 aliphatic rings. The molecular weight excluding hydrogens is 362 g/mol. The summed E-state index contributed by atoms with van der Waals surface area (Å²) in [7, 11) is -3.55. The number of aliphatic hydroxyl groups excluding tert-OH is 1. The van der Waals surface area contributed by atoms with Gasteiger partial charge in [-0.15, -0.1) is 11.3 Å². The van der Waals surface area contributed by atoms with Crippen LogP contribution in [0.3, 0.4) is 0 Å². The van der Waals surface area contributed by atoms with Gasteiger partial charge in [0, 0.05) is 6.54 Å². The van der Waals surface area contributed by atoms with E-state index >= 15 is 0 Å². The van der Waals surface area contributed by atoms with Crippen molar-refractivity contribution in [2.45, 2.75) is 16.7 Å². The molecular formula is C13H14BrNO3S2. The van der Waals surface area contributed by atoms with Crippen molar-refractivity contribution in [2.75, 3.05) is 6.54 Å². The topological polar surface area (TPSA) is 66.4 Å². The van der Waals surface area contributed by atoms with Gasteiger partial charge in [0.2, 0.25) is 10.0 Å². The highest BCUT2D eigenvalue weighted by Crippen LogP contribution is 2.25. The van der Waals surface area contributed by atoms with Crippen molar-refractivity contribution in [3.63, 3.8) is 0 Å². The smallest absolute Gasteiger partial charge is 0.250 e. The number of rotatable bonds is 6. The largest absolute Gasteiger partial charge is 0.391 e. The quantitative estimate of drug-likeness (QED) is 0.814. The molecule has 1 heterocycles. The average molecular weight is 376 g/mol. The number of sulfonamides is 1. The highest BCUT2D eigenvalue weighted by molar-refractivity contribution is 9.11. The monoisotopic (exact) mass is 375 g/mol. The molecule has 0 unspecified atom stereocenters. The SMILES string of the molecule is O=S(=O)(NC[C@@H](O)Cc1ccccc1)c1ccc(Br)s1. The van der Waals surface area contributed by atoms with Crippen LogP contribution in [0.4, 0.5) is 0 Å². The summed E-state index contributed by atoms with van der Waals surface area (Å²) in [4.78, 5) is 0. The number of aliphatic hydroxyl groups is 1. The Hall–Kier alpha value is -0.730. The van der Waals surface area contributed by atoms with Crippen LogP contribution in [0.5, 0.6) is 0 Å². The summed E-state index contributed by atoms with van der Waals surface area (Å²) in [5.41, 5.74) is 0.970. The van der Waals surface area contributed by atoms with Crippen LogP contribution in [0.1, 0.15) is 5.56 Å². The molecule has 0 aliphatic carbocycles. The molecule has 1 atom stereocenters. The van der Waals surface area contributed by atoms with Crippen molar-refractivity contribution in [3.8, 4) is 0 Å². The maximum Gasteiger partial charge on any atom is 0.250 e. The fraction of sp³-hybridized carbons (Fsp3) is 0.231. The Kier molecular flexibility index (Phi) is 5.34. The summed E-state index contributed by atoms with van der Waals surface area (Å²) in [6, 6.07) is 12.7. The van der Waals surface area contributed by atoms with E-state index in [1.165, 1.54) is 6.07 Å². The Morgan fingerprint density at radius 2 is 1.90 bits per heavy atom. The van der Waals surface area contributed by atoms with Gasteiger partial charge in [-0.1, -0.05) is 30.3 Å². The number of thiophene rings is 1. The Morgan fingerprint density at radius 1 is 1.20 bits per heavy atom. The molecule has 4 nitrogen and oxygen atoms in total. The van der Waals surface area contributed by atoms with E-state index in [4.69, 9.17) is 0 Å². The van der Waals surface area contributed by atoms with Crippen molar-refractivity contribution in [1.29, 1.82) is 0 Å². The van der Waals surface area contributed by atoms with Crippen LogP contribution < -0.4 is 4.72 Å². The molecule has 1 aromatic heterocycles. The van der Waals surface area contributed by atoms with Crippen molar-refractivity contribution < 1.29 is 13.5 Å². The van der Waals surface area contributed by atoms with Crippen LogP contribution in [-0.4, -0.2) is 26.2 Å². The maximum absolute atomic E-state index is 12.0. The molecule has 2 N–H and O–H groups in total. The van der Waals surface area contributed by atoms with E-state index in [0.29, 0.717) is 6.42 Å². The van der Waals surface area contributed by atoms with Gasteiger partial charge in [0.05, 0.1) is 9.89 Å². The summed E-state index contributed by atoms with van der Waals surface area (Å²) < 4.78 is 27.3. The van der Waals surface area contributed by atoms with Gasteiger partial charge >= 0.3 is 0 Å². The minimum atomic E-state index is -3.55. The van der Waals surface area contributed by atoms with E-state index in [9.17, 15) is 13.5 Å². The van der Waals surface area contributed by atoms with Gasteiger partial charge < -0.3 is 5.11 Å². The van der Waals surface area contributed by atoms with E-state index in [1.54, 1.807) is 6.07 Å². The lowest BCUT2D eigenvalue weighted by Gasteiger charge is -2.11. The fourth-order valence-electron chi connectivity index (χ4n) is 1.68. The minimum absolute atomic E-state index is 0.00720. The molecule has 20 heavy (non-hydrogen) atoms. The lowest BCUT2D eigenvalue weighted by atomic mass is 10.1. The van der Waals surface area contributed by atoms with Gasteiger partial charge in [0.1, 0.15) is 4.21 Å². The first-order chi connectivity index (χ1) is 9.47. The lowest BCUT2D eigenvalue weighted by Crippen LogP contribution is -2.32. The van der Waals surface area contributed by atoms with Crippen LogP contribution in [0, 0.1) is 0 Å². The van der Waals surface area contributed by atoms with Crippen LogP contribution >= 0.6 is 27.3 Å². The molecule has 7 heteroatoms. The van der Waals surface area contributed by atoms with Gasteiger partial charge in [-0.2, -0.15) is 0 Å². The van der Waals surface area contributed by atoms with E-state index in [2.05, 4.69) is 20.7 Å². The Morgan fingerprint density at radius 3 is 2.50 bits per heavy atom. The number of hydrogen-bond acceptors (Lipinski definition) is 4. The molecule has 0 bridgehead atoms. The zero-order valence-corrected chi connectivity index (χ0v) is 13.7. The van der Waals surface area contributed by atoms with Crippen molar-refractivity contribution in [1.82, 2.24) is 4.72 Å². The Labute approximate surface area is 130 Å². The first-order valence-electron chi connectivity index (χ1n) is 5.94. The third-order valence-corrected chi connectivity index (χ3v) is 6.18. The predicted molar refractivity (Wildman–Crippen MR) is 83.4 cm³/mol. The van der Waals surface area contributed by atoms with Gasteiger partial charge in [-0.3, -0.25) is 0 Å². The summed E-state index contributed by atoms with van der Waals surface area (Å²) in [6.07, 6.45) is -0.340. The van der Waals surface area contributed by atoms with Gasteiger partial charge in [-0.25, -0.2) is 13.1 Å². The summed E-state index contributed by atoms with van der Waals surface area (Å²) >= 11 is 4.36. The van der Waals surface area contributed by atoms with Gasteiger partial charge in [0.15, 0.2) is 0 Å². The molecule has 0 spiro atoms. The number of benzene rings is 1. The van der Waals surface area contributed by atoms with Crippen LogP contribution in [0.25, 0.3) is 0 Å². The normalized spacial score (nSPS) is 13.3. The van der Waals surface area contributed by atoms with E-state index in [0.717, 1.165) is 20.7 Å². The van der Waals surface area contributed by atoms with E-state index in [-0.39, 0.29) is 10.8 Å². The molecule has 0 aliphatic heterocycles. The molecule has 1 aromatic carbocycles. The molecule has 0 fully saturated rings. The average Bonchev–Trinajstić information content (AvgIpc) is 2.85. The fourth-order valence-corrected chi connectivity index (χ4v) is 4.80. The first kappa shape index (κ1) is 15.7. The van der Waals surface area contributed by atoms with Crippen molar-refractivity contribution in [3.05, 3.63) is 51.8 Å². The lowest BCUT2D eigenvalue weighted by molar-refractivity contribution is 0.179. The minimum Gasteiger partial charge on any atom is -0.391 e. The summed E-state index contributed by atoms with van der Waals surface area (Å²) in [5, 5.41) is 9.89. The number of halogens is 1. The first-order valence-corrected chi connectivity index (χ1v) is 9.03. The molecule has 0 radical (unpaired) electrons. The molecule has 0 saturated heterocycles. The molecule has 0 saturated carbocycles. The number of nitrogens with one attached hydrogen (secondary N) is 1. The Balaban J connectivity index is 1.91. The number of hydrogen-bond donors (Lipinski definition) is 2. The highest BCUT2D eigenvalue weighted by atomic mass is 79.9. The van der Waals surface area contributed by atoms with Crippen LogP contribution in [0.2, 0.25) is 0 Å². The van der Waals surface area contributed by atoms with E-state index in [1.807, 2.05) is 30.3 Å². The summed E-state index contributed by atoms with van der Waals surface area (Å²) in [6.45, 7) is -0.00720. The van der Waals surface area contributed by atoms with E-state index < -0.39 is 16.1 Å². The maximum atomic E-state index is 12.0. The third-order valence-electron chi connectivity index (χ3n) is 2.64.